The van der Waals surface area contributed by atoms with Gasteiger partial charge in [0.05, 0.1) is 12.8 Å². The Labute approximate surface area is 157 Å². The molecule has 2 aromatic rings. The third-order valence-electron chi connectivity index (χ3n) is 3.75. The van der Waals surface area contributed by atoms with Gasteiger partial charge in [0.25, 0.3) is 0 Å². The Hall–Kier alpha value is -2.73. The minimum absolute atomic E-state index is 0.186. The maximum atomic E-state index is 12.4. The van der Waals surface area contributed by atoms with Gasteiger partial charge in [-0.2, -0.15) is 0 Å². The number of amides is 2. The molecule has 26 heavy (non-hydrogen) atoms. The number of nitrogens with one attached hydrogen (secondary N) is 3. The van der Waals surface area contributed by atoms with Crippen molar-refractivity contribution >= 4 is 40.5 Å². The van der Waals surface area contributed by atoms with Crippen molar-refractivity contribution in [2.24, 2.45) is 0 Å². The minimum atomic E-state index is -0.496. The number of hydrogen-bond acceptors (Lipinski definition) is 4. The molecule has 0 saturated carbocycles. The average molecular weight is 376 g/mol. The van der Waals surface area contributed by atoms with Crippen molar-refractivity contribution in [2.45, 2.75) is 26.8 Å². The van der Waals surface area contributed by atoms with Gasteiger partial charge in [-0.05, 0) is 43.7 Å². The van der Waals surface area contributed by atoms with Crippen molar-refractivity contribution in [2.75, 3.05) is 23.1 Å². The van der Waals surface area contributed by atoms with Crippen LogP contribution in [0.2, 0.25) is 5.02 Å². The number of ether oxygens (including phenoxy) is 1. The Balaban J connectivity index is 2.08. The van der Waals surface area contributed by atoms with Gasteiger partial charge in [0.15, 0.2) is 0 Å². The smallest absolute Gasteiger partial charge is 0.246 e. The van der Waals surface area contributed by atoms with E-state index in [0.29, 0.717) is 27.8 Å². The Morgan fingerprint density at radius 2 is 1.81 bits per heavy atom. The van der Waals surface area contributed by atoms with Crippen molar-refractivity contribution in [3.8, 4) is 5.75 Å². The lowest BCUT2D eigenvalue weighted by molar-refractivity contribution is -0.116. The minimum Gasteiger partial charge on any atom is -0.494 e. The van der Waals surface area contributed by atoms with Crippen LogP contribution in [-0.2, 0) is 9.59 Å². The quantitative estimate of drug-likeness (QED) is 0.711. The van der Waals surface area contributed by atoms with Crippen LogP contribution in [0.15, 0.2) is 36.4 Å². The number of anilines is 3. The fourth-order valence-corrected chi connectivity index (χ4v) is 2.53. The molecule has 0 saturated heterocycles. The molecule has 0 heterocycles. The van der Waals surface area contributed by atoms with E-state index in [1.807, 2.05) is 13.0 Å². The number of methoxy groups -OCH3 is 1. The third-order valence-corrected chi connectivity index (χ3v) is 3.98. The zero-order valence-corrected chi connectivity index (χ0v) is 15.9. The lowest BCUT2D eigenvalue weighted by Gasteiger charge is -2.18. The topological polar surface area (TPSA) is 79.5 Å². The monoisotopic (exact) mass is 375 g/mol. The SMILES string of the molecule is COc1cc(NC(C)C(=O)Nc2cc(Cl)ccc2C)ccc1NC(C)=O. The van der Waals surface area contributed by atoms with Gasteiger partial charge in [-0.1, -0.05) is 17.7 Å². The van der Waals surface area contributed by atoms with Crippen LogP contribution in [0, 0.1) is 6.92 Å². The predicted octanol–water partition coefficient (Wildman–Crippen LogP) is 4.05. The number of carbonyl (C=O) groups excluding carboxylic acids is 2. The van der Waals surface area contributed by atoms with Crippen LogP contribution in [0.25, 0.3) is 0 Å². The number of hydrogen-bond donors (Lipinski definition) is 3. The fraction of sp³-hybridized carbons (Fsp3) is 0.263. The van der Waals surface area contributed by atoms with Crippen LogP contribution in [-0.4, -0.2) is 25.0 Å². The molecule has 0 aliphatic rings. The molecule has 138 valence electrons. The molecule has 0 aliphatic heterocycles. The molecule has 0 spiro atoms. The van der Waals surface area contributed by atoms with Gasteiger partial charge in [-0.15, -0.1) is 0 Å². The van der Waals surface area contributed by atoms with E-state index in [2.05, 4.69) is 16.0 Å². The summed E-state index contributed by atoms with van der Waals surface area (Å²) in [4.78, 5) is 23.7. The molecular formula is C19H22ClN3O3. The predicted molar refractivity (Wildman–Crippen MR) is 105 cm³/mol. The van der Waals surface area contributed by atoms with Crippen molar-refractivity contribution < 1.29 is 14.3 Å². The van der Waals surface area contributed by atoms with Crippen molar-refractivity contribution in [1.82, 2.24) is 0 Å². The van der Waals surface area contributed by atoms with Crippen LogP contribution in [0.5, 0.6) is 5.75 Å². The molecule has 0 bridgehead atoms. The molecule has 3 N–H and O–H groups in total. The number of rotatable bonds is 6. The lowest BCUT2D eigenvalue weighted by Crippen LogP contribution is -2.32. The molecule has 0 aromatic heterocycles. The lowest BCUT2D eigenvalue weighted by atomic mass is 10.2. The van der Waals surface area contributed by atoms with Crippen LogP contribution < -0.4 is 20.7 Å². The van der Waals surface area contributed by atoms with Crippen molar-refractivity contribution in [1.29, 1.82) is 0 Å². The molecule has 0 aliphatic carbocycles. The first-order valence-corrected chi connectivity index (χ1v) is 8.47. The highest BCUT2D eigenvalue weighted by Crippen LogP contribution is 2.28. The highest BCUT2D eigenvalue weighted by atomic mass is 35.5. The molecule has 2 aromatic carbocycles. The summed E-state index contributed by atoms with van der Waals surface area (Å²) >= 11 is 5.98. The summed E-state index contributed by atoms with van der Waals surface area (Å²) in [6, 6.07) is 10.0. The summed E-state index contributed by atoms with van der Waals surface area (Å²) in [7, 11) is 1.52. The molecule has 1 unspecified atom stereocenters. The second-order valence-corrected chi connectivity index (χ2v) is 6.35. The van der Waals surface area contributed by atoms with E-state index < -0.39 is 6.04 Å². The maximum Gasteiger partial charge on any atom is 0.246 e. The fourth-order valence-electron chi connectivity index (χ4n) is 2.36. The zero-order chi connectivity index (χ0) is 19.3. The molecule has 6 nitrogen and oxygen atoms in total. The van der Waals surface area contributed by atoms with Crippen molar-refractivity contribution in [3.63, 3.8) is 0 Å². The molecule has 0 fully saturated rings. The van der Waals surface area contributed by atoms with E-state index >= 15 is 0 Å². The first-order valence-electron chi connectivity index (χ1n) is 8.09. The van der Waals surface area contributed by atoms with Crippen LogP contribution >= 0.6 is 11.6 Å². The Kier molecular flexibility index (Phi) is 6.46. The number of aryl methyl sites for hydroxylation is 1. The van der Waals surface area contributed by atoms with E-state index in [4.69, 9.17) is 16.3 Å². The molecule has 1 atom stereocenters. The normalized spacial score (nSPS) is 11.4. The summed E-state index contributed by atoms with van der Waals surface area (Å²) in [6.07, 6.45) is 0. The van der Waals surface area contributed by atoms with Gasteiger partial charge in [0, 0.05) is 29.4 Å². The van der Waals surface area contributed by atoms with Crippen LogP contribution in [0.1, 0.15) is 19.4 Å². The largest absolute Gasteiger partial charge is 0.494 e. The second kappa shape index (κ2) is 8.58. The Morgan fingerprint density at radius 1 is 1.08 bits per heavy atom. The van der Waals surface area contributed by atoms with Gasteiger partial charge in [0.2, 0.25) is 11.8 Å². The van der Waals surface area contributed by atoms with E-state index in [-0.39, 0.29) is 11.8 Å². The Bertz CT molecular complexity index is 824. The van der Waals surface area contributed by atoms with E-state index in [1.165, 1.54) is 14.0 Å². The number of benzene rings is 2. The number of halogens is 1. The van der Waals surface area contributed by atoms with E-state index in [9.17, 15) is 9.59 Å². The average Bonchev–Trinajstić information content (AvgIpc) is 2.58. The highest BCUT2D eigenvalue weighted by Gasteiger charge is 2.15. The zero-order valence-electron chi connectivity index (χ0n) is 15.1. The second-order valence-electron chi connectivity index (χ2n) is 5.91. The summed E-state index contributed by atoms with van der Waals surface area (Å²) in [5.41, 5.74) is 2.87. The van der Waals surface area contributed by atoms with Gasteiger partial charge < -0.3 is 20.7 Å². The summed E-state index contributed by atoms with van der Waals surface area (Å²) < 4.78 is 5.28. The highest BCUT2D eigenvalue weighted by molar-refractivity contribution is 6.31. The standard InChI is InChI=1S/C19H22ClN3O3/c1-11-5-6-14(20)9-17(11)23-19(25)12(2)21-15-7-8-16(22-13(3)24)18(10-15)26-4/h5-10,12,21H,1-4H3,(H,22,24)(H,23,25). The summed E-state index contributed by atoms with van der Waals surface area (Å²) in [5, 5.41) is 9.22. The molecule has 0 radical (unpaired) electrons. The van der Waals surface area contributed by atoms with E-state index in [1.54, 1.807) is 37.3 Å². The first-order chi connectivity index (χ1) is 12.3. The van der Waals surface area contributed by atoms with Gasteiger partial charge >= 0.3 is 0 Å². The van der Waals surface area contributed by atoms with E-state index in [0.717, 1.165) is 5.56 Å². The number of carbonyl (C=O) groups is 2. The van der Waals surface area contributed by atoms with Crippen molar-refractivity contribution in [3.05, 3.63) is 47.0 Å². The molecule has 2 amide bonds. The third kappa shape index (κ3) is 5.13. The Morgan fingerprint density at radius 3 is 2.46 bits per heavy atom. The summed E-state index contributed by atoms with van der Waals surface area (Å²) in [5.74, 6) is 0.123. The van der Waals surface area contributed by atoms with Gasteiger partial charge in [-0.3, -0.25) is 9.59 Å². The van der Waals surface area contributed by atoms with Gasteiger partial charge in [-0.25, -0.2) is 0 Å². The molecule has 7 heteroatoms. The van der Waals surface area contributed by atoms with Crippen LogP contribution in [0.3, 0.4) is 0 Å². The van der Waals surface area contributed by atoms with Crippen LogP contribution in [0.4, 0.5) is 17.1 Å². The molecular weight excluding hydrogens is 354 g/mol. The first kappa shape index (κ1) is 19.6. The maximum absolute atomic E-state index is 12.4. The molecule has 2 rings (SSSR count). The summed E-state index contributed by atoms with van der Waals surface area (Å²) in [6.45, 7) is 5.08. The van der Waals surface area contributed by atoms with Gasteiger partial charge in [0.1, 0.15) is 11.8 Å².